The van der Waals surface area contributed by atoms with Crippen molar-refractivity contribution in [1.29, 1.82) is 0 Å². The van der Waals surface area contributed by atoms with Crippen molar-refractivity contribution in [3.63, 3.8) is 0 Å². The maximum atomic E-state index is 12.2. The molecule has 2 aromatic carbocycles. The predicted molar refractivity (Wildman–Crippen MR) is 72.4 cm³/mol. The molecule has 18 heavy (non-hydrogen) atoms. The zero-order valence-corrected chi connectivity index (χ0v) is 11.4. The summed E-state index contributed by atoms with van der Waals surface area (Å²) in [5.74, 6) is -0.933. The number of carbonyl (C=O) groups excluding carboxylic acids is 1. The van der Waals surface area contributed by atoms with Crippen LogP contribution >= 0.6 is 27.5 Å². The van der Waals surface area contributed by atoms with Gasteiger partial charge >= 0.3 is 0 Å². The molecule has 2 rings (SSSR count). The molecule has 2 N–H and O–H groups in total. The van der Waals surface area contributed by atoms with E-state index in [2.05, 4.69) is 15.9 Å². The Bertz CT molecular complexity index is 626. The minimum Gasteiger partial charge on any atom is -0.507 e. The molecule has 2 aromatic rings. The van der Waals surface area contributed by atoms with Crippen molar-refractivity contribution in [3.05, 3.63) is 57.0 Å². The van der Waals surface area contributed by atoms with Crippen molar-refractivity contribution >= 4 is 33.3 Å². The summed E-state index contributed by atoms with van der Waals surface area (Å²) in [7, 11) is 0. The fourth-order valence-corrected chi connectivity index (χ4v) is 2.08. The number of rotatable bonds is 2. The summed E-state index contributed by atoms with van der Waals surface area (Å²) in [6.07, 6.45) is 0. The van der Waals surface area contributed by atoms with Gasteiger partial charge in [-0.2, -0.15) is 0 Å². The molecule has 0 atom stereocenters. The molecule has 5 heteroatoms. The Morgan fingerprint density at radius 2 is 1.83 bits per heavy atom. The topological polar surface area (TPSA) is 57.5 Å². The van der Waals surface area contributed by atoms with Crippen LogP contribution in [0.3, 0.4) is 0 Å². The second-order valence-electron chi connectivity index (χ2n) is 3.66. The van der Waals surface area contributed by atoms with Gasteiger partial charge in [0.25, 0.3) is 0 Å². The zero-order valence-electron chi connectivity index (χ0n) is 9.02. The standard InChI is InChI=1S/C13H8BrClO3/c14-8-3-1-2-7(4-8)13(18)9-5-10(15)12(17)6-11(9)16/h1-6,16-17H. The summed E-state index contributed by atoms with van der Waals surface area (Å²) < 4.78 is 0.762. The van der Waals surface area contributed by atoms with E-state index in [-0.39, 0.29) is 27.9 Å². The van der Waals surface area contributed by atoms with Crippen molar-refractivity contribution < 1.29 is 15.0 Å². The maximum Gasteiger partial charge on any atom is 0.196 e. The number of carbonyl (C=O) groups is 1. The normalized spacial score (nSPS) is 10.3. The first kappa shape index (κ1) is 12.9. The van der Waals surface area contributed by atoms with Gasteiger partial charge in [-0.15, -0.1) is 0 Å². The highest BCUT2D eigenvalue weighted by Crippen LogP contribution is 2.32. The lowest BCUT2D eigenvalue weighted by atomic mass is 10.0. The molecule has 92 valence electrons. The van der Waals surface area contributed by atoms with E-state index in [1.807, 2.05) is 0 Å². The Hall–Kier alpha value is -1.52. The van der Waals surface area contributed by atoms with Crippen molar-refractivity contribution in [3.8, 4) is 11.5 Å². The third-order valence-corrected chi connectivity index (χ3v) is 3.19. The number of hydrogen-bond acceptors (Lipinski definition) is 3. The molecule has 0 bridgehead atoms. The van der Waals surface area contributed by atoms with Crippen LogP contribution in [0.2, 0.25) is 5.02 Å². The molecule has 0 spiro atoms. The van der Waals surface area contributed by atoms with Crippen molar-refractivity contribution in [2.24, 2.45) is 0 Å². The van der Waals surface area contributed by atoms with Crippen molar-refractivity contribution in [1.82, 2.24) is 0 Å². The molecular weight excluding hydrogens is 319 g/mol. The summed E-state index contributed by atoms with van der Waals surface area (Å²) in [5.41, 5.74) is 0.470. The van der Waals surface area contributed by atoms with Crippen LogP contribution in [0.5, 0.6) is 11.5 Å². The maximum absolute atomic E-state index is 12.2. The number of benzene rings is 2. The van der Waals surface area contributed by atoms with Gasteiger partial charge in [0.1, 0.15) is 11.5 Å². The highest BCUT2D eigenvalue weighted by Gasteiger charge is 2.16. The van der Waals surface area contributed by atoms with E-state index in [0.717, 1.165) is 10.5 Å². The van der Waals surface area contributed by atoms with Crippen LogP contribution < -0.4 is 0 Å². The Balaban J connectivity index is 2.49. The SMILES string of the molecule is O=C(c1cccc(Br)c1)c1cc(Cl)c(O)cc1O. The van der Waals surface area contributed by atoms with E-state index >= 15 is 0 Å². The van der Waals surface area contributed by atoms with Crippen LogP contribution in [0.25, 0.3) is 0 Å². The molecule has 0 unspecified atom stereocenters. The van der Waals surface area contributed by atoms with Gasteiger partial charge in [0, 0.05) is 16.1 Å². The molecule has 0 aliphatic carbocycles. The Morgan fingerprint density at radius 3 is 2.50 bits per heavy atom. The largest absolute Gasteiger partial charge is 0.507 e. The second-order valence-corrected chi connectivity index (χ2v) is 4.98. The van der Waals surface area contributed by atoms with Crippen LogP contribution in [0.4, 0.5) is 0 Å². The molecule has 3 nitrogen and oxygen atoms in total. The summed E-state index contributed by atoms with van der Waals surface area (Å²) in [6.45, 7) is 0. The fraction of sp³-hybridized carbons (Fsp3) is 0. The fourth-order valence-electron chi connectivity index (χ4n) is 1.52. The van der Waals surface area contributed by atoms with Crippen LogP contribution in [0.15, 0.2) is 40.9 Å². The average molecular weight is 328 g/mol. The minimum atomic E-state index is -0.365. The molecule has 0 fully saturated rings. The van der Waals surface area contributed by atoms with E-state index in [4.69, 9.17) is 11.6 Å². The van der Waals surface area contributed by atoms with Gasteiger partial charge in [-0.3, -0.25) is 4.79 Å². The van der Waals surface area contributed by atoms with Crippen LogP contribution in [0, 0.1) is 0 Å². The van der Waals surface area contributed by atoms with Crippen LogP contribution in [-0.2, 0) is 0 Å². The van der Waals surface area contributed by atoms with Gasteiger partial charge in [0.05, 0.1) is 10.6 Å². The monoisotopic (exact) mass is 326 g/mol. The van der Waals surface area contributed by atoms with Crippen LogP contribution in [0.1, 0.15) is 15.9 Å². The van der Waals surface area contributed by atoms with Crippen molar-refractivity contribution in [2.75, 3.05) is 0 Å². The summed E-state index contributed by atoms with van der Waals surface area (Å²) >= 11 is 8.99. The Labute approximate surface area is 117 Å². The summed E-state index contributed by atoms with van der Waals surface area (Å²) in [4.78, 5) is 12.2. The highest BCUT2D eigenvalue weighted by molar-refractivity contribution is 9.10. The number of phenols is 2. The van der Waals surface area contributed by atoms with Gasteiger partial charge in [-0.05, 0) is 18.2 Å². The number of ketones is 1. The Kier molecular flexibility index (Phi) is 3.59. The predicted octanol–water partition coefficient (Wildman–Crippen LogP) is 3.74. The highest BCUT2D eigenvalue weighted by atomic mass is 79.9. The number of aromatic hydroxyl groups is 2. The molecule has 0 aromatic heterocycles. The number of halogens is 2. The Morgan fingerprint density at radius 1 is 1.11 bits per heavy atom. The quantitative estimate of drug-likeness (QED) is 0.826. The molecular formula is C13H8BrClO3. The van der Waals surface area contributed by atoms with Gasteiger partial charge in [-0.25, -0.2) is 0 Å². The molecule has 0 radical (unpaired) electrons. The van der Waals surface area contributed by atoms with Gasteiger partial charge in [0.15, 0.2) is 5.78 Å². The lowest BCUT2D eigenvalue weighted by Gasteiger charge is -2.06. The molecule has 0 aliphatic heterocycles. The van der Waals surface area contributed by atoms with E-state index in [0.29, 0.717) is 5.56 Å². The smallest absolute Gasteiger partial charge is 0.196 e. The van der Waals surface area contributed by atoms with Gasteiger partial charge < -0.3 is 10.2 Å². The number of phenolic OH excluding ortho intramolecular Hbond substituents is 2. The first-order valence-electron chi connectivity index (χ1n) is 5.01. The van der Waals surface area contributed by atoms with Gasteiger partial charge in [-0.1, -0.05) is 39.7 Å². The van der Waals surface area contributed by atoms with Crippen molar-refractivity contribution in [2.45, 2.75) is 0 Å². The van der Waals surface area contributed by atoms with E-state index < -0.39 is 0 Å². The first-order chi connectivity index (χ1) is 8.49. The third-order valence-electron chi connectivity index (χ3n) is 2.40. The lowest BCUT2D eigenvalue weighted by molar-refractivity contribution is 0.103. The van der Waals surface area contributed by atoms with E-state index in [1.165, 1.54) is 6.07 Å². The molecule has 0 saturated heterocycles. The first-order valence-corrected chi connectivity index (χ1v) is 6.18. The molecule has 0 heterocycles. The van der Waals surface area contributed by atoms with Crippen LogP contribution in [-0.4, -0.2) is 16.0 Å². The second kappa shape index (κ2) is 5.00. The number of hydrogen-bond donors (Lipinski definition) is 2. The van der Waals surface area contributed by atoms with E-state index in [1.54, 1.807) is 24.3 Å². The lowest BCUT2D eigenvalue weighted by Crippen LogP contribution is -2.01. The summed E-state index contributed by atoms with van der Waals surface area (Å²) in [6, 6.07) is 9.08. The molecule has 0 aliphatic rings. The minimum absolute atomic E-state index is 0.0196. The van der Waals surface area contributed by atoms with E-state index in [9.17, 15) is 15.0 Å². The molecule has 0 amide bonds. The summed E-state index contributed by atoms with van der Waals surface area (Å²) in [5, 5.41) is 19.0. The van der Waals surface area contributed by atoms with Gasteiger partial charge in [0.2, 0.25) is 0 Å². The molecule has 0 saturated carbocycles. The zero-order chi connectivity index (χ0) is 13.3. The third kappa shape index (κ3) is 2.49. The average Bonchev–Trinajstić information content (AvgIpc) is 2.33.